The second kappa shape index (κ2) is 8.18. The Morgan fingerprint density at radius 1 is 1.26 bits per heavy atom. The third kappa shape index (κ3) is 4.09. The van der Waals surface area contributed by atoms with Gasteiger partial charge in [0.15, 0.2) is 0 Å². The molecule has 1 aromatic carbocycles. The average molecular weight is 368 g/mol. The first-order valence-electron chi connectivity index (χ1n) is 9.08. The van der Waals surface area contributed by atoms with Crippen LogP contribution < -0.4 is 10.9 Å². The molecule has 0 aliphatic heterocycles. The van der Waals surface area contributed by atoms with Crippen LogP contribution in [0.3, 0.4) is 0 Å². The Hall–Kier alpha value is -2.93. The largest absolute Gasteiger partial charge is 0.442 e. The van der Waals surface area contributed by atoms with E-state index in [0.717, 1.165) is 25.2 Å². The van der Waals surface area contributed by atoms with Crippen LogP contribution in [0.5, 0.6) is 0 Å². The van der Waals surface area contributed by atoms with Gasteiger partial charge in [0.05, 0.1) is 11.9 Å². The van der Waals surface area contributed by atoms with Gasteiger partial charge in [-0.3, -0.25) is 14.5 Å². The molecular formula is C20H24N4O3. The van der Waals surface area contributed by atoms with Crippen molar-refractivity contribution in [3.8, 4) is 0 Å². The van der Waals surface area contributed by atoms with E-state index in [1.807, 2.05) is 12.1 Å². The van der Waals surface area contributed by atoms with Gasteiger partial charge >= 0.3 is 0 Å². The molecule has 2 heterocycles. The number of aryl methyl sites for hydroxylation is 1. The lowest BCUT2D eigenvalue weighted by Gasteiger charge is -2.18. The highest BCUT2D eigenvalue weighted by Gasteiger charge is 2.21. The Bertz CT molecular complexity index is 1000. The van der Waals surface area contributed by atoms with Gasteiger partial charge in [0.25, 0.3) is 11.5 Å². The van der Waals surface area contributed by atoms with Crippen molar-refractivity contribution in [1.29, 1.82) is 0 Å². The molecule has 0 aliphatic carbocycles. The molecule has 27 heavy (non-hydrogen) atoms. The first-order valence-corrected chi connectivity index (χ1v) is 9.08. The molecule has 2 N–H and O–H groups in total. The summed E-state index contributed by atoms with van der Waals surface area (Å²) in [5, 5.41) is 3.06. The lowest BCUT2D eigenvalue weighted by molar-refractivity contribution is 0.0950. The molecule has 2 aromatic heterocycles. The molecule has 0 saturated heterocycles. The molecule has 7 nitrogen and oxygen atoms in total. The van der Waals surface area contributed by atoms with Crippen molar-refractivity contribution in [3.63, 3.8) is 0 Å². The van der Waals surface area contributed by atoms with Crippen LogP contribution >= 0.6 is 0 Å². The predicted molar refractivity (Wildman–Crippen MR) is 104 cm³/mol. The molecule has 0 unspecified atom stereocenters. The van der Waals surface area contributed by atoms with Crippen molar-refractivity contribution in [2.45, 2.75) is 33.9 Å². The smallest absolute Gasteiger partial charge is 0.262 e. The number of aromatic nitrogens is 2. The van der Waals surface area contributed by atoms with Crippen molar-refractivity contribution in [3.05, 3.63) is 63.4 Å². The Morgan fingerprint density at radius 3 is 2.74 bits per heavy atom. The fraction of sp³-hybridized carbons (Fsp3) is 0.350. The summed E-state index contributed by atoms with van der Waals surface area (Å²) in [4.78, 5) is 33.5. The maximum atomic E-state index is 12.7. The highest BCUT2D eigenvalue weighted by molar-refractivity contribution is 6.06. The molecule has 0 saturated carbocycles. The standard InChI is InChI=1S/C20H24N4O3/c1-4-24(5-2)11-15-8-6-7-14(9-15)10-21-18(25)16-13(3)27-20-17(16)19(26)22-12-23-20/h6-9,12H,4-5,10-11H2,1-3H3,(H,21,25)(H,22,23,26). The zero-order valence-electron chi connectivity index (χ0n) is 15.8. The number of amides is 1. The number of fused-ring (bicyclic) bond motifs is 1. The molecule has 3 aromatic rings. The number of hydrogen-bond donors (Lipinski definition) is 2. The van der Waals surface area contributed by atoms with E-state index < -0.39 is 0 Å². The molecule has 3 rings (SSSR count). The van der Waals surface area contributed by atoms with Gasteiger partial charge in [-0.15, -0.1) is 0 Å². The first kappa shape index (κ1) is 18.8. The molecule has 1 amide bonds. The predicted octanol–water partition coefficient (Wildman–Crippen LogP) is 2.60. The minimum atomic E-state index is -0.386. The monoisotopic (exact) mass is 368 g/mol. The number of hydrogen-bond acceptors (Lipinski definition) is 5. The molecule has 0 spiro atoms. The lowest BCUT2D eigenvalue weighted by atomic mass is 10.1. The maximum Gasteiger partial charge on any atom is 0.262 e. The normalized spacial score (nSPS) is 11.3. The van der Waals surface area contributed by atoms with Gasteiger partial charge in [0.1, 0.15) is 11.1 Å². The number of carbonyl (C=O) groups is 1. The summed E-state index contributed by atoms with van der Waals surface area (Å²) in [5.41, 5.74) is 2.23. The number of H-pyrrole nitrogens is 1. The van der Waals surface area contributed by atoms with Gasteiger partial charge in [-0.05, 0) is 31.1 Å². The average Bonchev–Trinajstić information content (AvgIpc) is 3.02. The van der Waals surface area contributed by atoms with Gasteiger partial charge in [-0.2, -0.15) is 0 Å². The van der Waals surface area contributed by atoms with Crippen molar-refractivity contribution >= 4 is 17.0 Å². The van der Waals surface area contributed by atoms with Crippen LogP contribution in [0.2, 0.25) is 0 Å². The van der Waals surface area contributed by atoms with Crippen LogP contribution in [0, 0.1) is 6.92 Å². The number of benzene rings is 1. The number of aromatic amines is 1. The highest BCUT2D eigenvalue weighted by atomic mass is 16.3. The Labute approximate surface area is 157 Å². The summed E-state index contributed by atoms with van der Waals surface area (Å²) < 4.78 is 5.44. The van der Waals surface area contributed by atoms with Crippen LogP contribution in [-0.2, 0) is 13.1 Å². The summed E-state index contributed by atoms with van der Waals surface area (Å²) in [6, 6.07) is 8.14. The van der Waals surface area contributed by atoms with Crippen molar-refractivity contribution in [2.24, 2.45) is 0 Å². The summed E-state index contributed by atoms with van der Waals surface area (Å²) in [5.74, 6) is 0.0286. The summed E-state index contributed by atoms with van der Waals surface area (Å²) in [6.07, 6.45) is 1.26. The molecule has 0 radical (unpaired) electrons. The number of nitrogens with one attached hydrogen (secondary N) is 2. The van der Waals surface area contributed by atoms with Crippen LogP contribution in [-0.4, -0.2) is 33.9 Å². The summed E-state index contributed by atoms with van der Waals surface area (Å²) in [6.45, 7) is 9.17. The van der Waals surface area contributed by atoms with E-state index in [1.165, 1.54) is 11.9 Å². The van der Waals surface area contributed by atoms with Crippen molar-refractivity contribution in [2.75, 3.05) is 13.1 Å². The topological polar surface area (TPSA) is 91.2 Å². The Kier molecular flexibility index (Phi) is 5.71. The van der Waals surface area contributed by atoms with E-state index in [1.54, 1.807) is 6.92 Å². The second-order valence-corrected chi connectivity index (χ2v) is 6.41. The third-order valence-corrected chi connectivity index (χ3v) is 4.64. The molecule has 0 atom stereocenters. The van der Waals surface area contributed by atoms with Crippen molar-refractivity contribution < 1.29 is 9.21 Å². The number of nitrogens with zero attached hydrogens (tertiary/aromatic N) is 2. The zero-order valence-corrected chi connectivity index (χ0v) is 15.8. The van der Waals surface area contributed by atoms with E-state index in [0.29, 0.717) is 12.3 Å². The number of furan rings is 1. The van der Waals surface area contributed by atoms with Crippen LogP contribution in [0.25, 0.3) is 11.1 Å². The van der Waals surface area contributed by atoms with E-state index in [-0.39, 0.29) is 28.1 Å². The number of carbonyl (C=O) groups excluding carboxylic acids is 1. The van der Waals surface area contributed by atoms with Gasteiger partial charge in [-0.25, -0.2) is 4.98 Å². The maximum absolute atomic E-state index is 12.7. The van der Waals surface area contributed by atoms with Gasteiger partial charge in [-0.1, -0.05) is 38.1 Å². The highest BCUT2D eigenvalue weighted by Crippen LogP contribution is 2.20. The third-order valence-electron chi connectivity index (χ3n) is 4.64. The fourth-order valence-corrected chi connectivity index (χ4v) is 3.14. The molecular weight excluding hydrogens is 344 g/mol. The molecule has 142 valence electrons. The van der Waals surface area contributed by atoms with E-state index in [2.05, 4.69) is 46.2 Å². The summed E-state index contributed by atoms with van der Waals surface area (Å²) >= 11 is 0. The van der Waals surface area contributed by atoms with Gasteiger partial charge < -0.3 is 14.7 Å². The van der Waals surface area contributed by atoms with Gasteiger partial charge in [0.2, 0.25) is 5.71 Å². The summed E-state index contributed by atoms with van der Waals surface area (Å²) in [7, 11) is 0. The Balaban J connectivity index is 1.75. The molecule has 7 heteroatoms. The van der Waals surface area contributed by atoms with Crippen LogP contribution in [0.15, 0.2) is 39.8 Å². The SMILES string of the molecule is CCN(CC)Cc1cccc(CNC(=O)c2c(C)oc3nc[nH]c(=O)c23)c1. The van der Waals surface area contributed by atoms with Gasteiger partial charge in [0, 0.05) is 13.1 Å². The lowest BCUT2D eigenvalue weighted by Crippen LogP contribution is -2.25. The quantitative estimate of drug-likeness (QED) is 0.669. The van der Waals surface area contributed by atoms with Crippen LogP contribution in [0.1, 0.15) is 41.1 Å². The zero-order chi connectivity index (χ0) is 19.4. The van der Waals surface area contributed by atoms with E-state index >= 15 is 0 Å². The van der Waals surface area contributed by atoms with E-state index in [9.17, 15) is 9.59 Å². The molecule has 0 bridgehead atoms. The Morgan fingerprint density at radius 2 is 2.00 bits per heavy atom. The van der Waals surface area contributed by atoms with Crippen molar-refractivity contribution in [1.82, 2.24) is 20.2 Å². The second-order valence-electron chi connectivity index (χ2n) is 6.41. The fourth-order valence-electron chi connectivity index (χ4n) is 3.14. The first-order chi connectivity index (χ1) is 13.0. The number of rotatable bonds is 7. The molecule has 0 fully saturated rings. The minimum Gasteiger partial charge on any atom is -0.442 e. The van der Waals surface area contributed by atoms with E-state index in [4.69, 9.17) is 4.42 Å². The molecule has 0 aliphatic rings. The van der Waals surface area contributed by atoms with Crippen LogP contribution in [0.4, 0.5) is 0 Å². The minimum absolute atomic E-state index is 0.169.